The standard InChI is InChI=1S/C19H23N3O2S/c1-20(13-16-7-12-25-15-16)18(23)14-21-8-10-22(11-9-21)19(24)17-5-3-2-4-6-17/h2-7,12,15H,8-11,13-14H2,1H3. The monoisotopic (exact) mass is 357 g/mol. The first-order valence-electron chi connectivity index (χ1n) is 8.45. The van der Waals surface area contributed by atoms with Gasteiger partial charge in [-0.05, 0) is 34.5 Å². The van der Waals surface area contributed by atoms with Gasteiger partial charge in [-0.15, -0.1) is 0 Å². The Kier molecular flexibility index (Phi) is 5.83. The van der Waals surface area contributed by atoms with E-state index < -0.39 is 0 Å². The Labute approximate surface area is 152 Å². The number of piperazine rings is 1. The summed E-state index contributed by atoms with van der Waals surface area (Å²) in [6.45, 7) is 3.85. The molecule has 0 bridgehead atoms. The van der Waals surface area contributed by atoms with Gasteiger partial charge in [0.15, 0.2) is 0 Å². The molecule has 2 aromatic rings. The number of likely N-dealkylation sites (N-methyl/N-ethyl adjacent to an activating group) is 1. The maximum atomic E-state index is 12.4. The SMILES string of the molecule is CN(Cc1ccsc1)C(=O)CN1CCN(C(=O)c2ccccc2)CC1. The van der Waals surface area contributed by atoms with E-state index in [0.717, 1.165) is 18.7 Å². The molecule has 0 N–H and O–H groups in total. The fourth-order valence-corrected chi connectivity index (χ4v) is 3.59. The number of thiophene rings is 1. The van der Waals surface area contributed by atoms with Crippen LogP contribution in [0.3, 0.4) is 0 Å². The van der Waals surface area contributed by atoms with Crippen LogP contribution in [0.25, 0.3) is 0 Å². The maximum absolute atomic E-state index is 12.4. The molecule has 0 aliphatic carbocycles. The van der Waals surface area contributed by atoms with E-state index in [9.17, 15) is 9.59 Å². The van der Waals surface area contributed by atoms with Crippen LogP contribution in [0.5, 0.6) is 0 Å². The second-order valence-electron chi connectivity index (χ2n) is 6.32. The normalized spacial score (nSPS) is 15.2. The average molecular weight is 357 g/mol. The zero-order valence-corrected chi connectivity index (χ0v) is 15.2. The highest BCUT2D eigenvalue weighted by atomic mass is 32.1. The fraction of sp³-hybridized carbons (Fsp3) is 0.368. The van der Waals surface area contributed by atoms with Crippen LogP contribution < -0.4 is 0 Å². The predicted octanol–water partition coefficient (Wildman–Crippen LogP) is 2.16. The minimum Gasteiger partial charge on any atom is -0.340 e. The van der Waals surface area contributed by atoms with Crippen molar-refractivity contribution in [2.24, 2.45) is 0 Å². The lowest BCUT2D eigenvalue weighted by atomic mass is 10.2. The summed E-state index contributed by atoms with van der Waals surface area (Å²) in [5, 5.41) is 4.09. The van der Waals surface area contributed by atoms with Crippen LogP contribution in [0.15, 0.2) is 47.2 Å². The second-order valence-corrected chi connectivity index (χ2v) is 7.10. The molecule has 1 aliphatic rings. The lowest BCUT2D eigenvalue weighted by Gasteiger charge is -2.35. The Morgan fingerprint density at radius 2 is 1.80 bits per heavy atom. The third-order valence-corrected chi connectivity index (χ3v) is 5.20. The molecule has 132 valence electrons. The molecule has 0 saturated carbocycles. The van der Waals surface area contributed by atoms with E-state index in [0.29, 0.717) is 26.2 Å². The van der Waals surface area contributed by atoms with Crippen molar-refractivity contribution >= 4 is 23.2 Å². The molecule has 0 atom stereocenters. The van der Waals surface area contributed by atoms with Gasteiger partial charge in [-0.2, -0.15) is 11.3 Å². The lowest BCUT2D eigenvalue weighted by molar-refractivity contribution is -0.132. The first-order valence-corrected chi connectivity index (χ1v) is 9.39. The fourth-order valence-electron chi connectivity index (χ4n) is 2.93. The molecule has 2 amide bonds. The Morgan fingerprint density at radius 1 is 1.08 bits per heavy atom. The van der Waals surface area contributed by atoms with Crippen LogP contribution >= 0.6 is 11.3 Å². The number of hydrogen-bond acceptors (Lipinski definition) is 4. The van der Waals surface area contributed by atoms with Gasteiger partial charge in [0.25, 0.3) is 5.91 Å². The zero-order chi connectivity index (χ0) is 17.6. The van der Waals surface area contributed by atoms with Crippen LogP contribution in [0.1, 0.15) is 15.9 Å². The predicted molar refractivity (Wildman–Crippen MR) is 99.6 cm³/mol. The largest absolute Gasteiger partial charge is 0.340 e. The molecular weight excluding hydrogens is 334 g/mol. The van der Waals surface area contributed by atoms with Gasteiger partial charge in [0.1, 0.15) is 0 Å². The van der Waals surface area contributed by atoms with E-state index in [1.165, 1.54) is 5.56 Å². The minimum atomic E-state index is 0.0705. The summed E-state index contributed by atoms with van der Waals surface area (Å²) in [5.74, 6) is 0.190. The molecule has 1 saturated heterocycles. The topological polar surface area (TPSA) is 43.9 Å². The molecule has 6 heteroatoms. The molecule has 0 unspecified atom stereocenters. The highest BCUT2D eigenvalue weighted by molar-refractivity contribution is 7.07. The summed E-state index contributed by atoms with van der Waals surface area (Å²) in [6.07, 6.45) is 0. The van der Waals surface area contributed by atoms with Crippen LogP contribution in [-0.4, -0.2) is 66.3 Å². The molecular formula is C19H23N3O2S. The molecule has 25 heavy (non-hydrogen) atoms. The van der Waals surface area contributed by atoms with Crippen molar-refractivity contribution in [3.05, 3.63) is 58.3 Å². The minimum absolute atomic E-state index is 0.0705. The van der Waals surface area contributed by atoms with E-state index in [1.807, 2.05) is 53.7 Å². The van der Waals surface area contributed by atoms with Gasteiger partial charge < -0.3 is 9.80 Å². The highest BCUT2D eigenvalue weighted by Crippen LogP contribution is 2.11. The van der Waals surface area contributed by atoms with Crippen molar-refractivity contribution in [2.75, 3.05) is 39.8 Å². The Balaban J connectivity index is 1.46. The number of benzene rings is 1. The van der Waals surface area contributed by atoms with Gasteiger partial charge >= 0.3 is 0 Å². The second kappa shape index (κ2) is 8.27. The highest BCUT2D eigenvalue weighted by Gasteiger charge is 2.24. The molecule has 1 fully saturated rings. The number of hydrogen-bond donors (Lipinski definition) is 0. The molecule has 0 radical (unpaired) electrons. The van der Waals surface area contributed by atoms with Crippen molar-refractivity contribution in [1.29, 1.82) is 0 Å². The van der Waals surface area contributed by atoms with Gasteiger partial charge in [0.05, 0.1) is 6.54 Å². The molecule has 1 aromatic heterocycles. The third kappa shape index (κ3) is 4.67. The van der Waals surface area contributed by atoms with Crippen molar-refractivity contribution in [3.63, 3.8) is 0 Å². The lowest BCUT2D eigenvalue weighted by Crippen LogP contribution is -2.51. The van der Waals surface area contributed by atoms with E-state index >= 15 is 0 Å². The van der Waals surface area contributed by atoms with Crippen molar-refractivity contribution in [3.8, 4) is 0 Å². The average Bonchev–Trinajstić information content (AvgIpc) is 3.15. The van der Waals surface area contributed by atoms with Crippen molar-refractivity contribution in [1.82, 2.24) is 14.7 Å². The van der Waals surface area contributed by atoms with E-state index in [2.05, 4.69) is 10.3 Å². The number of carbonyl (C=O) groups excluding carboxylic acids is 2. The molecule has 3 rings (SSSR count). The third-order valence-electron chi connectivity index (χ3n) is 4.46. The Morgan fingerprint density at radius 3 is 2.44 bits per heavy atom. The van der Waals surface area contributed by atoms with E-state index in [4.69, 9.17) is 0 Å². The summed E-state index contributed by atoms with van der Waals surface area (Å²) in [6, 6.07) is 11.4. The molecule has 5 nitrogen and oxygen atoms in total. The maximum Gasteiger partial charge on any atom is 0.253 e. The van der Waals surface area contributed by atoms with Gasteiger partial charge in [0, 0.05) is 45.3 Å². The molecule has 1 aliphatic heterocycles. The van der Waals surface area contributed by atoms with E-state index in [-0.39, 0.29) is 11.8 Å². The van der Waals surface area contributed by atoms with Crippen LogP contribution in [0.2, 0.25) is 0 Å². The number of amides is 2. The zero-order valence-electron chi connectivity index (χ0n) is 14.4. The molecule has 2 heterocycles. The van der Waals surface area contributed by atoms with Crippen LogP contribution in [0, 0.1) is 0 Å². The van der Waals surface area contributed by atoms with Gasteiger partial charge in [-0.25, -0.2) is 0 Å². The number of nitrogens with zero attached hydrogens (tertiary/aromatic N) is 3. The van der Waals surface area contributed by atoms with E-state index in [1.54, 1.807) is 16.2 Å². The first kappa shape index (κ1) is 17.6. The summed E-state index contributed by atoms with van der Waals surface area (Å²) >= 11 is 1.64. The van der Waals surface area contributed by atoms with Gasteiger partial charge in [0.2, 0.25) is 5.91 Å². The summed E-state index contributed by atoms with van der Waals surface area (Å²) in [5.41, 5.74) is 1.89. The van der Waals surface area contributed by atoms with Crippen LogP contribution in [-0.2, 0) is 11.3 Å². The summed E-state index contributed by atoms with van der Waals surface area (Å²) < 4.78 is 0. The number of carbonyl (C=O) groups is 2. The molecule has 0 spiro atoms. The smallest absolute Gasteiger partial charge is 0.253 e. The van der Waals surface area contributed by atoms with Gasteiger partial charge in [-0.1, -0.05) is 18.2 Å². The van der Waals surface area contributed by atoms with Gasteiger partial charge in [-0.3, -0.25) is 14.5 Å². The summed E-state index contributed by atoms with van der Waals surface area (Å²) in [7, 11) is 1.84. The van der Waals surface area contributed by atoms with Crippen LogP contribution in [0.4, 0.5) is 0 Å². The summed E-state index contributed by atoms with van der Waals surface area (Å²) in [4.78, 5) is 30.6. The van der Waals surface area contributed by atoms with Crippen molar-refractivity contribution in [2.45, 2.75) is 6.54 Å². The quantitative estimate of drug-likeness (QED) is 0.824. The molecule has 1 aromatic carbocycles. The Bertz CT molecular complexity index is 695. The Hall–Kier alpha value is -2.18. The first-order chi connectivity index (χ1) is 12.1. The number of rotatable bonds is 5. The van der Waals surface area contributed by atoms with Crippen molar-refractivity contribution < 1.29 is 9.59 Å².